The minimum Gasteiger partial charge on any atom is -0.382 e. The fraction of sp³-hybridized carbons (Fsp3) is 0.600. The van der Waals surface area contributed by atoms with Gasteiger partial charge in [-0.2, -0.15) is 0 Å². The topological polar surface area (TPSA) is 21.3 Å². The molecular formula is C15H22BrNO. The minimum atomic E-state index is 0.442. The van der Waals surface area contributed by atoms with Gasteiger partial charge in [0.2, 0.25) is 0 Å². The van der Waals surface area contributed by atoms with Crippen LogP contribution in [-0.2, 0) is 4.74 Å². The molecule has 100 valence electrons. The van der Waals surface area contributed by atoms with Crippen LogP contribution in [0.25, 0.3) is 0 Å². The molecule has 1 aliphatic heterocycles. The second-order valence-electron chi connectivity index (χ2n) is 5.11. The molecule has 1 saturated heterocycles. The standard InChI is InChI=1S/C15H22BrNO/c1-3-4-14-10-13(7-8-18-14)17-15-6-5-12(16)9-11(15)2/h5-6,9,13-14,17H,3-4,7-8,10H2,1-2H3. The number of benzene rings is 1. The van der Waals surface area contributed by atoms with Crippen molar-refractivity contribution in [1.82, 2.24) is 0 Å². The first-order valence-corrected chi connectivity index (χ1v) is 7.62. The molecule has 18 heavy (non-hydrogen) atoms. The number of ether oxygens (including phenoxy) is 1. The van der Waals surface area contributed by atoms with E-state index in [1.54, 1.807) is 0 Å². The average molecular weight is 312 g/mol. The van der Waals surface area contributed by atoms with Gasteiger partial charge in [0, 0.05) is 22.8 Å². The van der Waals surface area contributed by atoms with E-state index in [0.717, 1.165) is 23.9 Å². The van der Waals surface area contributed by atoms with Gasteiger partial charge >= 0.3 is 0 Å². The Morgan fingerprint density at radius 2 is 2.28 bits per heavy atom. The monoisotopic (exact) mass is 311 g/mol. The molecule has 0 aromatic heterocycles. The molecule has 2 rings (SSSR count). The molecule has 1 fully saturated rings. The van der Waals surface area contributed by atoms with Gasteiger partial charge in [-0.25, -0.2) is 0 Å². The molecule has 0 amide bonds. The van der Waals surface area contributed by atoms with Crippen LogP contribution in [0.5, 0.6) is 0 Å². The summed E-state index contributed by atoms with van der Waals surface area (Å²) in [5.74, 6) is 0. The molecule has 0 aliphatic carbocycles. The highest BCUT2D eigenvalue weighted by atomic mass is 79.9. The van der Waals surface area contributed by atoms with Gasteiger partial charge in [-0.15, -0.1) is 0 Å². The Labute approximate surface area is 118 Å². The molecule has 0 spiro atoms. The van der Waals surface area contributed by atoms with Crippen molar-refractivity contribution in [1.29, 1.82) is 0 Å². The lowest BCUT2D eigenvalue weighted by molar-refractivity contribution is 0.00597. The number of halogens is 1. The molecule has 1 heterocycles. The first-order chi connectivity index (χ1) is 8.69. The van der Waals surface area contributed by atoms with E-state index in [1.165, 1.54) is 24.1 Å². The number of hydrogen-bond acceptors (Lipinski definition) is 2. The Morgan fingerprint density at radius 3 is 3.00 bits per heavy atom. The normalized spacial score (nSPS) is 23.9. The lowest BCUT2D eigenvalue weighted by Gasteiger charge is -2.31. The highest BCUT2D eigenvalue weighted by Crippen LogP contribution is 2.25. The summed E-state index contributed by atoms with van der Waals surface area (Å²) in [7, 11) is 0. The Balaban J connectivity index is 1.96. The van der Waals surface area contributed by atoms with Gasteiger partial charge in [-0.1, -0.05) is 29.3 Å². The van der Waals surface area contributed by atoms with Gasteiger partial charge in [-0.3, -0.25) is 0 Å². The quantitative estimate of drug-likeness (QED) is 0.883. The van der Waals surface area contributed by atoms with E-state index in [2.05, 4.69) is 53.3 Å². The van der Waals surface area contributed by atoms with Crippen molar-refractivity contribution >= 4 is 21.6 Å². The van der Waals surface area contributed by atoms with Gasteiger partial charge in [0.15, 0.2) is 0 Å². The zero-order valence-electron chi connectivity index (χ0n) is 11.2. The van der Waals surface area contributed by atoms with Crippen molar-refractivity contribution in [3.8, 4) is 0 Å². The number of nitrogens with one attached hydrogen (secondary N) is 1. The molecule has 2 nitrogen and oxygen atoms in total. The Hall–Kier alpha value is -0.540. The maximum Gasteiger partial charge on any atom is 0.0594 e. The number of hydrogen-bond donors (Lipinski definition) is 1. The largest absolute Gasteiger partial charge is 0.382 e. The Bertz CT molecular complexity index is 392. The van der Waals surface area contributed by atoms with E-state index in [-0.39, 0.29) is 0 Å². The van der Waals surface area contributed by atoms with Crippen LogP contribution >= 0.6 is 15.9 Å². The van der Waals surface area contributed by atoms with E-state index in [0.29, 0.717) is 12.1 Å². The SMILES string of the molecule is CCCC1CC(Nc2ccc(Br)cc2C)CCO1. The highest BCUT2D eigenvalue weighted by Gasteiger charge is 2.22. The van der Waals surface area contributed by atoms with Crippen LogP contribution in [0.15, 0.2) is 22.7 Å². The van der Waals surface area contributed by atoms with Crippen LogP contribution in [0.4, 0.5) is 5.69 Å². The van der Waals surface area contributed by atoms with Crippen LogP contribution in [-0.4, -0.2) is 18.8 Å². The van der Waals surface area contributed by atoms with Crippen LogP contribution in [0.1, 0.15) is 38.2 Å². The lowest BCUT2D eigenvalue weighted by Crippen LogP contribution is -2.34. The van der Waals surface area contributed by atoms with Gasteiger partial charge in [0.05, 0.1) is 6.10 Å². The van der Waals surface area contributed by atoms with Crippen molar-refractivity contribution in [2.24, 2.45) is 0 Å². The van der Waals surface area contributed by atoms with Crippen molar-refractivity contribution in [2.75, 3.05) is 11.9 Å². The fourth-order valence-corrected chi connectivity index (χ4v) is 3.02. The van der Waals surface area contributed by atoms with Crippen molar-refractivity contribution in [3.05, 3.63) is 28.2 Å². The summed E-state index contributed by atoms with van der Waals surface area (Å²) < 4.78 is 6.93. The fourth-order valence-electron chi connectivity index (χ4n) is 2.54. The number of rotatable bonds is 4. The third-order valence-corrected chi connectivity index (χ3v) is 4.02. The summed E-state index contributed by atoms with van der Waals surface area (Å²) in [6.45, 7) is 5.26. The Morgan fingerprint density at radius 1 is 1.44 bits per heavy atom. The first-order valence-electron chi connectivity index (χ1n) is 6.83. The van der Waals surface area contributed by atoms with E-state index < -0.39 is 0 Å². The molecule has 1 aliphatic rings. The van der Waals surface area contributed by atoms with Crippen LogP contribution in [0, 0.1) is 6.92 Å². The summed E-state index contributed by atoms with van der Waals surface area (Å²) in [6.07, 6.45) is 5.06. The minimum absolute atomic E-state index is 0.442. The summed E-state index contributed by atoms with van der Waals surface area (Å²) in [5.41, 5.74) is 2.54. The maximum atomic E-state index is 5.79. The third kappa shape index (κ3) is 3.72. The zero-order valence-corrected chi connectivity index (χ0v) is 12.8. The maximum absolute atomic E-state index is 5.79. The molecule has 0 radical (unpaired) electrons. The van der Waals surface area contributed by atoms with Gasteiger partial charge < -0.3 is 10.1 Å². The highest BCUT2D eigenvalue weighted by molar-refractivity contribution is 9.10. The molecule has 0 bridgehead atoms. The van der Waals surface area contributed by atoms with Gasteiger partial charge in [0.1, 0.15) is 0 Å². The molecule has 1 N–H and O–H groups in total. The summed E-state index contributed by atoms with van der Waals surface area (Å²) in [5, 5.41) is 3.66. The molecule has 2 atom stereocenters. The second kappa shape index (κ2) is 6.58. The van der Waals surface area contributed by atoms with Crippen molar-refractivity contribution < 1.29 is 4.74 Å². The molecule has 1 aromatic carbocycles. The molecule has 3 heteroatoms. The van der Waals surface area contributed by atoms with Crippen LogP contribution in [0.3, 0.4) is 0 Å². The summed E-state index contributed by atoms with van der Waals surface area (Å²) in [4.78, 5) is 0. The van der Waals surface area contributed by atoms with Crippen molar-refractivity contribution in [3.63, 3.8) is 0 Å². The predicted molar refractivity (Wildman–Crippen MR) is 80.2 cm³/mol. The predicted octanol–water partition coefficient (Wildman–Crippen LogP) is 4.52. The van der Waals surface area contributed by atoms with E-state index >= 15 is 0 Å². The average Bonchev–Trinajstić information content (AvgIpc) is 2.34. The van der Waals surface area contributed by atoms with Gasteiger partial charge in [-0.05, 0) is 49.9 Å². The Kier molecular flexibility index (Phi) is 5.07. The molecule has 1 aromatic rings. The van der Waals surface area contributed by atoms with E-state index in [4.69, 9.17) is 4.74 Å². The third-order valence-electron chi connectivity index (χ3n) is 3.53. The second-order valence-corrected chi connectivity index (χ2v) is 6.02. The van der Waals surface area contributed by atoms with E-state index in [1.807, 2.05) is 0 Å². The summed E-state index contributed by atoms with van der Waals surface area (Å²) in [6, 6.07) is 6.96. The summed E-state index contributed by atoms with van der Waals surface area (Å²) >= 11 is 3.50. The molecule has 2 unspecified atom stereocenters. The van der Waals surface area contributed by atoms with Crippen molar-refractivity contribution in [2.45, 2.75) is 51.7 Å². The first kappa shape index (κ1) is 13.9. The number of aryl methyl sites for hydroxylation is 1. The van der Waals surface area contributed by atoms with Crippen LogP contribution < -0.4 is 5.32 Å². The lowest BCUT2D eigenvalue weighted by atomic mass is 9.99. The van der Waals surface area contributed by atoms with Crippen LogP contribution in [0.2, 0.25) is 0 Å². The molecule has 0 saturated carbocycles. The van der Waals surface area contributed by atoms with E-state index in [9.17, 15) is 0 Å². The molecular weight excluding hydrogens is 290 g/mol. The number of anilines is 1. The smallest absolute Gasteiger partial charge is 0.0594 e. The van der Waals surface area contributed by atoms with Gasteiger partial charge in [0.25, 0.3) is 0 Å². The zero-order chi connectivity index (χ0) is 13.0.